The van der Waals surface area contributed by atoms with E-state index in [1.54, 1.807) is 12.1 Å². The number of carbonyl (C=O) groups excluding carboxylic acids is 4. The van der Waals surface area contributed by atoms with Gasteiger partial charge in [-0.2, -0.15) is 0 Å². The molecule has 7 nitrogen and oxygen atoms in total. The Kier molecular flexibility index (Phi) is 4.58. The van der Waals surface area contributed by atoms with E-state index < -0.39 is 35.6 Å². The van der Waals surface area contributed by atoms with Crippen molar-refractivity contribution in [1.82, 2.24) is 9.96 Å². The third kappa shape index (κ3) is 3.05. The Bertz CT molecular complexity index is 1040. The predicted octanol–water partition coefficient (Wildman–Crippen LogP) is 2.75. The Morgan fingerprint density at radius 2 is 1.72 bits per heavy atom. The van der Waals surface area contributed by atoms with Gasteiger partial charge >= 0.3 is 5.97 Å². The number of nitrogens with zero attached hydrogens (tertiary/aromatic N) is 2. The van der Waals surface area contributed by atoms with Crippen LogP contribution in [0.1, 0.15) is 38.7 Å². The van der Waals surface area contributed by atoms with E-state index in [1.165, 1.54) is 36.2 Å². The summed E-state index contributed by atoms with van der Waals surface area (Å²) in [5.41, 5.74) is 0.604. The number of imide groups is 1. The van der Waals surface area contributed by atoms with Crippen molar-refractivity contribution in [3.8, 4) is 0 Å². The van der Waals surface area contributed by atoms with Gasteiger partial charge in [-0.05, 0) is 29.8 Å². The van der Waals surface area contributed by atoms with Gasteiger partial charge < -0.3 is 9.74 Å². The monoisotopic (exact) mass is 416 g/mol. The number of amides is 3. The van der Waals surface area contributed by atoms with Crippen molar-refractivity contribution in [2.45, 2.75) is 12.5 Å². The summed E-state index contributed by atoms with van der Waals surface area (Å²) in [7, 11) is 1.48. The Labute approximate surface area is 169 Å². The average Bonchev–Trinajstić information content (AvgIpc) is 3.13. The zero-order valence-electron chi connectivity index (χ0n) is 15.1. The van der Waals surface area contributed by atoms with Gasteiger partial charge in [-0.3, -0.25) is 14.4 Å². The standard InChI is InChI=1S/C20H14ClFN2O5/c1-23-16(25)9-13(17(23)10-6-7-14(21)15(22)8-10)20(28)29-24-18(26)11-4-2-3-5-12(11)19(24)27/h2-8,13,17H,9H2,1H3. The van der Waals surface area contributed by atoms with Gasteiger partial charge in [0.05, 0.1) is 28.1 Å². The second-order valence-corrected chi connectivity index (χ2v) is 7.20. The number of carbonyl (C=O) groups is 4. The van der Waals surface area contributed by atoms with Gasteiger partial charge in [-0.1, -0.05) is 34.9 Å². The van der Waals surface area contributed by atoms with Crippen molar-refractivity contribution in [2.75, 3.05) is 7.05 Å². The molecule has 0 radical (unpaired) electrons. The molecule has 2 aromatic rings. The van der Waals surface area contributed by atoms with Crippen LogP contribution in [0.2, 0.25) is 5.02 Å². The smallest absolute Gasteiger partial charge is 0.338 e. The number of halogens is 2. The molecule has 4 rings (SSSR count). The van der Waals surface area contributed by atoms with Crippen LogP contribution >= 0.6 is 11.6 Å². The van der Waals surface area contributed by atoms with E-state index >= 15 is 0 Å². The largest absolute Gasteiger partial charge is 0.339 e. The number of hydrogen-bond donors (Lipinski definition) is 0. The average molecular weight is 417 g/mol. The van der Waals surface area contributed by atoms with E-state index in [2.05, 4.69) is 0 Å². The van der Waals surface area contributed by atoms with E-state index in [4.69, 9.17) is 16.4 Å². The molecule has 0 spiro atoms. The first-order valence-electron chi connectivity index (χ1n) is 8.70. The third-order valence-electron chi connectivity index (χ3n) is 5.11. The quantitative estimate of drug-likeness (QED) is 0.718. The molecule has 148 valence electrons. The molecule has 2 aromatic carbocycles. The first kappa shape index (κ1) is 19.1. The van der Waals surface area contributed by atoms with Crippen LogP contribution in [0.15, 0.2) is 42.5 Å². The van der Waals surface area contributed by atoms with Crippen molar-refractivity contribution in [1.29, 1.82) is 0 Å². The number of likely N-dealkylation sites (tertiary alicyclic amines) is 1. The van der Waals surface area contributed by atoms with Crippen LogP contribution in [0.25, 0.3) is 0 Å². The van der Waals surface area contributed by atoms with Crippen molar-refractivity contribution in [3.63, 3.8) is 0 Å². The molecule has 0 bridgehead atoms. The van der Waals surface area contributed by atoms with Crippen LogP contribution in [0.3, 0.4) is 0 Å². The summed E-state index contributed by atoms with van der Waals surface area (Å²) in [6, 6.07) is 9.24. The van der Waals surface area contributed by atoms with Crippen LogP contribution in [-0.2, 0) is 14.4 Å². The maximum Gasteiger partial charge on any atom is 0.339 e. The van der Waals surface area contributed by atoms with Crippen LogP contribution < -0.4 is 0 Å². The first-order valence-corrected chi connectivity index (χ1v) is 9.07. The van der Waals surface area contributed by atoms with Crippen LogP contribution in [0.4, 0.5) is 4.39 Å². The lowest BCUT2D eigenvalue weighted by atomic mass is 9.94. The van der Waals surface area contributed by atoms with Gasteiger partial charge in [-0.15, -0.1) is 0 Å². The molecule has 2 heterocycles. The summed E-state index contributed by atoms with van der Waals surface area (Å²) in [6.07, 6.45) is -0.201. The summed E-state index contributed by atoms with van der Waals surface area (Å²) < 4.78 is 13.9. The van der Waals surface area contributed by atoms with E-state index in [0.717, 1.165) is 6.07 Å². The predicted molar refractivity (Wildman–Crippen MR) is 98.1 cm³/mol. The van der Waals surface area contributed by atoms with Crippen molar-refractivity contribution in [2.24, 2.45) is 5.92 Å². The molecule has 1 saturated heterocycles. The summed E-state index contributed by atoms with van der Waals surface area (Å²) >= 11 is 5.71. The third-order valence-corrected chi connectivity index (χ3v) is 5.42. The van der Waals surface area contributed by atoms with Crippen molar-refractivity contribution in [3.05, 3.63) is 70.0 Å². The normalized spacial score (nSPS) is 21.0. The molecule has 0 N–H and O–H groups in total. The molecule has 2 unspecified atom stereocenters. The highest BCUT2D eigenvalue weighted by Gasteiger charge is 2.47. The molecule has 2 atom stereocenters. The van der Waals surface area contributed by atoms with Gasteiger partial charge in [0, 0.05) is 13.5 Å². The zero-order valence-corrected chi connectivity index (χ0v) is 15.9. The van der Waals surface area contributed by atoms with Crippen molar-refractivity contribution >= 4 is 35.3 Å². The van der Waals surface area contributed by atoms with E-state index in [1.807, 2.05) is 0 Å². The number of benzene rings is 2. The molecule has 2 aliphatic rings. The minimum Gasteiger partial charge on any atom is -0.338 e. The zero-order chi connectivity index (χ0) is 20.9. The molecule has 1 fully saturated rings. The van der Waals surface area contributed by atoms with E-state index in [-0.39, 0.29) is 28.5 Å². The highest BCUT2D eigenvalue weighted by atomic mass is 35.5. The second-order valence-electron chi connectivity index (χ2n) is 6.79. The topological polar surface area (TPSA) is 84.0 Å². The molecule has 0 aliphatic carbocycles. The number of fused-ring (bicyclic) bond motifs is 1. The van der Waals surface area contributed by atoms with Gasteiger partial charge in [0.15, 0.2) is 0 Å². The lowest BCUT2D eigenvalue weighted by Gasteiger charge is -2.25. The molecule has 2 aliphatic heterocycles. The maximum absolute atomic E-state index is 13.9. The molecule has 3 amide bonds. The highest BCUT2D eigenvalue weighted by Crippen LogP contribution is 2.39. The molecule has 9 heteroatoms. The van der Waals surface area contributed by atoms with E-state index in [0.29, 0.717) is 10.6 Å². The lowest BCUT2D eigenvalue weighted by Crippen LogP contribution is -2.36. The Balaban J connectivity index is 1.60. The molecular formula is C20H14ClFN2O5. The molecular weight excluding hydrogens is 403 g/mol. The van der Waals surface area contributed by atoms with Crippen molar-refractivity contribution < 1.29 is 28.4 Å². The SMILES string of the molecule is CN1C(=O)CC(C(=O)ON2C(=O)c3ccccc3C2=O)C1c1ccc(Cl)c(F)c1. The van der Waals surface area contributed by atoms with Gasteiger partial charge in [-0.25, -0.2) is 9.18 Å². The number of hydroxylamine groups is 2. The summed E-state index contributed by atoms with van der Waals surface area (Å²) in [4.78, 5) is 56.2. The fourth-order valence-electron chi connectivity index (χ4n) is 3.64. The van der Waals surface area contributed by atoms with Gasteiger partial charge in [0.1, 0.15) is 5.82 Å². The Morgan fingerprint density at radius 1 is 1.10 bits per heavy atom. The Morgan fingerprint density at radius 3 is 2.31 bits per heavy atom. The summed E-state index contributed by atoms with van der Waals surface area (Å²) in [5, 5.41) is 0.306. The maximum atomic E-state index is 13.9. The van der Waals surface area contributed by atoms with Crippen LogP contribution in [0, 0.1) is 11.7 Å². The fraction of sp³-hybridized carbons (Fsp3) is 0.200. The van der Waals surface area contributed by atoms with Crippen LogP contribution in [0.5, 0.6) is 0 Å². The molecule has 0 saturated carbocycles. The summed E-state index contributed by atoms with van der Waals surface area (Å²) in [6.45, 7) is 0. The lowest BCUT2D eigenvalue weighted by molar-refractivity contribution is -0.174. The van der Waals surface area contributed by atoms with Gasteiger partial charge in [0.25, 0.3) is 11.8 Å². The number of hydrogen-bond acceptors (Lipinski definition) is 5. The molecule has 29 heavy (non-hydrogen) atoms. The van der Waals surface area contributed by atoms with E-state index in [9.17, 15) is 23.6 Å². The number of rotatable bonds is 3. The van der Waals surface area contributed by atoms with Crippen LogP contribution in [-0.4, -0.2) is 40.7 Å². The Hall–Kier alpha value is -3.26. The molecule has 0 aromatic heterocycles. The minimum absolute atomic E-state index is 0.0918. The second kappa shape index (κ2) is 6.97. The first-order chi connectivity index (χ1) is 13.8. The van der Waals surface area contributed by atoms with Gasteiger partial charge in [0.2, 0.25) is 5.91 Å². The summed E-state index contributed by atoms with van der Waals surface area (Å²) in [5.74, 6) is -4.52. The fourth-order valence-corrected chi connectivity index (χ4v) is 3.76. The minimum atomic E-state index is -1.03. The highest BCUT2D eigenvalue weighted by molar-refractivity contribution is 6.30.